The van der Waals surface area contributed by atoms with E-state index in [1.165, 1.54) is 38.5 Å². The molecule has 0 unspecified atom stereocenters. The molecule has 0 aromatic carbocycles. The van der Waals surface area contributed by atoms with Crippen LogP contribution in [0.5, 0.6) is 0 Å². The SMILES string of the molecule is CCN(CC(=O)N(C)C1(C#N)CCCCC1)C1CCCCC1. The number of carbonyl (C=O) groups is 1. The lowest BCUT2D eigenvalue weighted by Crippen LogP contribution is -2.53. The van der Waals surface area contributed by atoms with E-state index in [1.54, 1.807) is 4.90 Å². The maximum atomic E-state index is 12.8. The van der Waals surface area contributed by atoms with Crippen LogP contribution in [0.4, 0.5) is 0 Å². The van der Waals surface area contributed by atoms with E-state index in [0.717, 1.165) is 32.2 Å². The highest BCUT2D eigenvalue weighted by molar-refractivity contribution is 5.79. The number of hydrogen-bond acceptors (Lipinski definition) is 3. The lowest BCUT2D eigenvalue weighted by atomic mass is 9.81. The van der Waals surface area contributed by atoms with Crippen LogP contribution >= 0.6 is 0 Å². The second-order valence-corrected chi connectivity index (χ2v) is 7.01. The van der Waals surface area contributed by atoms with Crippen LogP contribution in [0.2, 0.25) is 0 Å². The molecule has 0 aromatic rings. The lowest BCUT2D eigenvalue weighted by Gasteiger charge is -2.41. The van der Waals surface area contributed by atoms with Crippen molar-refractivity contribution in [3.63, 3.8) is 0 Å². The van der Waals surface area contributed by atoms with Crippen LogP contribution < -0.4 is 0 Å². The van der Waals surface area contributed by atoms with Crippen LogP contribution in [0, 0.1) is 11.3 Å². The number of nitriles is 1. The molecule has 0 bridgehead atoms. The van der Waals surface area contributed by atoms with Crippen LogP contribution in [0.15, 0.2) is 0 Å². The molecule has 4 nitrogen and oxygen atoms in total. The van der Waals surface area contributed by atoms with Crippen molar-refractivity contribution < 1.29 is 4.79 Å². The van der Waals surface area contributed by atoms with E-state index in [1.807, 2.05) is 7.05 Å². The summed E-state index contributed by atoms with van der Waals surface area (Å²) >= 11 is 0. The van der Waals surface area contributed by atoms with Crippen LogP contribution in [0.3, 0.4) is 0 Å². The van der Waals surface area contributed by atoms with Crippen molar-refractivity contribution >= 4 is 5.91 Å². The molecule has 0 radical (unpaired) electrons. The van der Waals surface area contributed by atoms with Gasteiger partial charge in [-0.25, -0.2) is 0 Å². The molecule has 2 aliphatic carbocycles. The summed E-state index contributed by atoms with van der Waals surface area (Å²) in [6.45, 7) is 3.54. The lowest BCUT2D eigenvalue weighted by molar-refractivity contribution is -0.136. The Labute approximate surface area is 135 Å². The number of carbonyl (C=O) groups excluding carboxylic acids is 1. The van der Waals surface area contributed by atoms with Gasteiger partial charge in [-0.1, -0.05) is 45.4 Å². The molecule has 2 aliphatic rings. The highest BCUT2D eigenvalue weighted by Gasteiger charge is 2.39. The van der Waals surface area contributed by atoms with Gasteiger partial charge in [-0.05, 0) is 32.2 Å². The number of hydrogen-bond donors (Lipinski definition) is 0. The minimum atomic E-state index is -0.554. The van der Waals surface area contributed by atoms with Gasteiger partial charge >= 0.3 is 0 Å². The third-order valence-corrected chi connectivity index (χ3v) is 5.74. The Morgan fingerprint density at radius 1 is 1.14 bits per heavy atom. The quantitative estimate of drug-likeness (QED) is 0.783. The first-order valence-electron chi connectivity index (χ1n) is 9.05. The van der Waals surface area contributed by atoms with Gasteiger partial charge in [0.1, 0.15) is 5.54 Å². The number of rotatable bonds is 5. The van der Waals surface area contributed by atoms with Gasteiger partial charge in [0, 0.05) is 13.1 Å². The monoisotopic (exact) mass is 305 g/mol. The van der Waals surface area contributed by atoms with E-state index in [2.05, 4.69) is 17.9 Å². The average molecular weight is 305 g/mol. The number of likely N-dealkylation sites (N-methyl/N-ethyl adjacent to an activating group) is 2. The fraction of sp³-hybridized carbons (Fsp3) is 0.889. The molecule has 22 heavy (non-hydrogen) atoms. The van der Waals surface area contributed by atoms with Crippen molar-refractivity contribution in [2.24, 2.45) is 0 Å². The first-order valence-corrected chi connectivity index (χ1v) is 9.05. The molecule has 2 saturated carbocycles. The summed E-state index contributed by atoms with van der Waals surface area (Å²) in [5, 5.41) is 9.64. The molecule has 0 atom stereocenters. The molecule has 0 aliphatic heterocycles. The van der Waals surface area contributed by atoms with E-state index in [-0.39, 0.29) is 5.91 Å². The highest BCUT2D eigenvalue weighted by Crippen LogP contribution is 2.32. The zero-order valence-corrected chi connectivity index (χ0v) is 14.3. The fourth-order valence-electron chi connectivity index (χ4n) is 4.12. The van der Waals surface area contributed by atoms with Crippen molar-refractivity contribution in [1.82, 2.24) is 9.80 Å². The van der Waals surface area contributed by atoms with Gasteiger partial charge in [0.25, 0.3) is 0 Å². The highest BCUT2D eigenvalue weighted by atomic mass is 16.2. The molecule has 2 rings (SSSR count). The summed E-state index contributed by atoms with van der Waals surface area (Å²) < 4.78 is 0. The predicted octanol–water partition coefficient (Wildman–Crippen LogP) is 3.33. The average Bonchev–Trinajstić information content (AvgIpc) is 2.60. The molecule has 124 valence electrons. The molecule has 0 spiro atoms. The Balaban J connectivity index is 1.98. The zero-order valence-electron chi connectivity index (χ0n) is 14.3. The van der Waals surface area contributed by atoms with Crippen molar-refractivity contribution in [3.8, 4) is 6.07 Å². The van der Waals surface area contributed by atoms with Gasteiger partial charge in [0.2, 0.25) is 5.91 Å². The van der Waals surface area contributed by atoms with E-state index in [4.69, 9.17) is 0 Å². The van der Waals surface area contributed by atoms with Gasteiger partial charge in [-0.2, -0.15) is 5.26 Å². The maximum Gasteiger partial charge on any atom is 0.237 e. The van der Waals surface area contributed by atoms with Crippen molar-refractivity contribution in [2.75, 3.05) is 20.1 Å². The van der Waals surface area contributed by atoms with Crippen LogP contribution in [0.25, 0.3) is 0 Å². The molecule has 4 heteroatoms. The van der Waals surface area contributed by atoms with Gasteiger partial charge in [-0.15, -0.1) is 0 Å². The summed E-state index contributed by atoms with van der Waals surface area (Å²) in [5.41, 5.74) is -0.554. The Hall–Kier alpha value is -1.08. The first kappa shape index (κ1) is 17.3. The summed E-state index contributed by atoms with van der Waals surface area (Å²) in [6.07, 6.45) is 11.3. The van der Waals surface area contributed by atoms with Crippen LogP contribution in [-0.4, -0.2) is 47.4 Å². The second-order valence-electron chi connectivity index (χ2n) is 7.01. The minimum absolute atomic E-state index is 0.121. The number of nitrogens with zero attached hydrogens (tertiary/aromatic N) is 3. The van der Waals surface area contributed by atoms with Crippen molar-refractivity contribution in [3.05, 3.63) is 0 Å². The molecule has 0 aromatic heterocycles. The normalized spacial score (nSPS) is 22.3. The van der Waals surface area contributed by atoms with Gasteiger partial charge in [-0.3, -0.25) is 9.69 Å². The van der Waals surface area contributed by atoms with E-state index >= 15 is 0 Å². The Morgan fingerprint density at radius 2 is 1.73 bits per heavy atom. The third kappa shape index (κ3) is 3.81. The Morgan fingerprint density at radius 3 is 2.27 bits per heavy atom. The van der Waals surface area contributed by atoms with Crippen molar-refractivity contribution in [2.45, 2.75) is 82.7 Å². The molecule has 2 fully saturated rings. The third-order valence-electron chi connectivity index (χ3n) is 5.74. The van der Waals surface area contributed by atoms with Gasteiger partial charge in [0.05, 0.1) is 12.6 Å². The summed E-state index contributed by atoms with van der Waals surface area (Å²) in [4.78, 5) is 16.8. The topological polar surface area (TPSA) is 47.3 Å². The van der Waals surface area contributed by atoms with Gasteiger partial charge < -0.3 is 4.90 Å². The summed E-state index contributed by atoms with van der Waals surface area (Å²) in [6, 6.07) is 3.01. The molecular weight excluding hydrogens is 274 g/mol. The second kappa shape index (κ2) is 7.97. The fourth-order valence-corrected chi connectivity index (χ4v) is 4.12. The molecule has 0 heterocycles. The maximum absolute atomic E-state index is 12.8. The summed E-state index contributed by atoms with van der Waals surface area (Å²) in [7, 11) is 1.84. The molecule has 0 N–H and O–H groups in total. The van der Waals surface area contributed by atoms with Crippen LogP contribution in [0.1, 0.15) is 71.1 Å². The van der Waals surface area contributed by atoms with E-state index in [0.29, 0.717) is 12.6 Å². The minimum Gasteiger partial charge on any atom is -0.326 e. The van der Waals surface area contributed by atoms with Crippen molar-refractivity contribution in [1.29, 1.82) is 5.26 Å². The standard InChI is InChI=1S/C18H31N3O/c1-3-21(16-10-6-4-7-11-16)14-17(22)20(2)18(15-19)12-8-5-9-13-18/h16H,3-14H2,1-2H3. The van der Waals surface area contributed by atoms with E-state index in [9.17, 15) is 10.1 Å². The zero-order chi connectivity index (χ0) is 16.0. The predicted molar refractivity (Wildman–Crippen MR) is 88.3 cm³/mol. The van der Waals surface area contributed by atoms with E-state index < -0.39 is 5.54 Å². The summed E-state index contributed by atoms with van der Waals surface area (Å²) in [5.74, 6) is 0.121. The molecular formula is C18H31N3O. The smallest absolute Gasteiger partial charge is 0.237 e. The van der Waals surface area contributed by atoms with Gasteiger partial charge in [0.15, 0.2) is 0 Å². The van der Waals surface area contributed by atoms with Crippen LogP contribution in [-0.2, 0) is 4.79 Å². The Kier molecular flexibility index (Phi) is 6.26. The molecule has 0 saturated heterocycles. The largest absolute Gasteiger partial charge is 0.326 e. The number of amides is 1. The Bertz CT molecular complexity index is 403. The molecule has 1 amide bonds. The first-order chi connectivity index (χ1) is 10.6.